The molecule has 9 heteroatoms. The molecular formula is C23H26Cl2N4O3. The molecule has 2 aromatic carbocycles. The number of nitrogens with one attached hydrogen (secondary N) is 1. The van der Waals surface area contributed by atoms with Gasteiger partial charge in [0.2, 0.25) is 0 Å². The minimum Gasteiger partial charge on any atom is -0.378 e. The number of nitrogens with two attached hydrogens (primary N) is 1. The van der Waals surface area contributed by atoms with Gasteiger partial charge in [0.1, 0.15) is 6.10 Å². The van der Waals surface area contributed by atoms with E-state index in [-0.39, 0.29) is 12.0 Å². The van der Waals surface area contributed by atoms with Crippen molar-refractivity contribution in [2.45, 2.75) is 19.3 Å². The van der Waals surface area contributed by atoms with Gasteiger partial charge in [0.15, 0.2) is 0 Å². The molecule has 7 nitrogen and oxygen atoms in total. The Hall–Kier alpha value is -2.42. The molecular weight excluding hydrogens is 451 g/mol. The Bertz CT molecular complexity index is 981. The summed E-state index contributed by atoms with van der Waals surface area (Å²) in [6.45, 7) is 2.71. The highest BCUT2D eigenvalue weighted by atomic mass is 35.5. The van der Waals surface area contributed by atoms with Crippen LogP contribution < -0.4 is 11.1 Å². The second kappa shape index (κ2) is 12.6. The number of imidazole rings is 1. The number of benzene rings is 2. The minimum atomic E-state index is -0.300. The molecule has 0 saturated heterocycles. The Kier molecular flexibility index (Phi) is 9.52. The maximum absolute atomic E-state index is 12.2. The number of halogens is 2. The summed E-state index contributed by atoms with van der Waals surface area (Å²) in [6.07, 6.45) is 5.02. The van der Waals surface area contributed by atoms with Crippen molar-refractivity contribution in [3.8, 4) is 0 Å². The summed E-state index contributed by atoms with van der Waals surface area (Å²) in [5, 5.41) is 3.93. The van der Waals surface area contributed by atoms with E-state index >= 15 is 0 Å². The van der Waals surface area contributed by atoms with Gasteiger partial charge in [-0.2, -0.15) is 0 Å². The number of aromatic nitrogens is 2. The number of ether oxygens (including phenoxy) is 2. The van der Waals surface area contributed by atoms with Crippen molar-refractivity contribution in [3.63, 3.8) is 0 Å². The molecule has 0 spiro atoms. The number of rotatable bonds is 12. The standard InChI is InChI=1S/C23H26Cl2N4O3/c24-19-5-6-20(21(25)13-19)22(14-29-10-8-27-16-29)32-15-17-1-3-18(4-2-17)23(30)28-9-12-31-11-7-26/h1-6,8,10,13,16,22H,7,9,11-12,14-15,26H2,(H,28,30). The summed E-state index contributed by atoms with van der Waals surface area (Å²) in [7, 11) is 0. The minimum absolute atomic E-state index is 0.153. The maximum atomic E-state index is 12.2. The molecule has 0 fully saturated rings. The third-order valence-corrected chi connectivity index (χ3v) is 5.27. The monoisotopic (exact) mass is 476 g/mol. The van der Waals surface area contributed by atoms with Crippen molar-refractivity contribution in [1.82, 2.24) is 14.9 Å². The van der Waals surface area contributed by atoms with E-state index in [0.717, 1.165) is 11.1 Å². The summed E-state index contributed by atoms with van der Waals surface area (Å²) in [5.74, 6) is -0.153. The van der Waals surface area contributed by atoms with Crippen LogP contribution in [0.1, 0.15) is 27.6 Å². The van der Waals surface area contributed by atoms with E-state index < -0.39 is 0 Å². The van der Waals surface area contributed by atoms with Gasteiger partial charge in [-0.1, -0.05) is 41.4 Å². The fourth-order valence-electron chi connectivity index (χ4n) is 3.06. The highest BCUT2D eigenvalue weighted by Gasteiger charge is 2.17. The summed E-state index contributed by atoms with van der Waals surface area (Å²) in [6, 6.07) is 12.7. The highest BCUT2D eigenvalue weighted by molar-refractivity contribution is 6.35. The van der Waals surface area contributed by atoms with Crippen LogP contribution in [-0.4, -0.2) is 41.8 Å². The molecule has 3 aromatic rings. The molecule has 1 unspecified atom stereocenters. The first-order chi connectivity index (χ1) is 15.6. The van der Waals surface area contributed by atoms with Crippen LogP contribution in [-0.2, 0) is 22.6 Å². The predicted molar refractivity (Wildman–Crippen MR) is 125 cm³/mol. The molecule has 3 rings (SSSR count). The molecule has 0 aliphatic rings. The van der Waals surface area contributed by atoms with Gasteiger partial charge in [-0.3, -0.25) is 4.79 Å². The molecule has 3 N–H and O–H groups in total. The number of carbonyl (C=O) groups is 1. The third-order valence-electron chi connectivity index (χ3n) is 4.71. The number of hydrogen-bond donors (Lipinski definition) is 2. The van der Waals surface area contributed by atoms with Crippen LogP contribution >= 0.6 is 23.2 Å². The van der Waals surface area contributed by atoms with Crippen LogP contribution in [0.25, 0.3) is 0 Å². The third kappa shape index (κ3) is 7.32. The van der Waals surface area contributed by atoms with Gasteiger partial charge in [0.25, 0.3) is 5.91 Å². The molecule has 32 heavy (non-hydrogen) atoms. The zero-order chi connectivity index (χ0) is 22.8. The quantitative estimate of drug-likeness (QED) is 0.387. The van der Waals surface area contributed by atoms with Crippen LogP contribution in [0.3, 0.4) is 0 Å². The van der Waals surface area contributed by atoms with Gasteiger partial charge in [-0.15, -0.1) is 0 Å². The number of amides is 1. The molecule has 0 bridgehead atoms. The van der Waals surface area contributed by atoms with Crippen molar-refractivity contribution < 1.29 is 14.3 Å². The number of nitrogens with zero attached hydrogens (tertiary/aromatic N) is 2. The SMILES string of the molecule is NCCOCCNC(=O)c1ccc(COC(Cn2ccnc2)c2ccc(Cl)cc2Cl)cc1. The Morgan fingerprint density at radius 1 is 1.16 bits per heavy atom. The summed E-state index contributed by atoms with van der Waals surface area (Å²) < 4.78 is 13.4. The summed E-state index contributed by atoms with van der Waals surface area (Å²) in [5.41, 5.74) is 7.72. The fourth-order valence-corrected chi connectivity index (χ4v) is 3.59. The van der Waals surface area contributed by atoms with Crippen molar-refractivity contribution >= 4 is 29.1 Å². The normalized spacial score (nSPS) is 12.0. The molecule has 0 aliphatic carbocycles. The lowest BCUT2D eigenvalue weighted by atomic mass is 10.1. The van der Waals surface area contributed by atoms with Gasteiger partial charge in [0, 0.05) is 46.7 Å². The first-order valence-electron chi connectivity index (χ1n) is 10.2. The predicted octanol–water partition coefficient (Wildman–Crippen LogP) is 3.85. The van der Waals surface area contributed by atoms with E-state index in [1.807, 2.05) is 29.0 Å². The average molecular weight is 477 g/mol. The average Bonchev–Trinajstić information content (AvgIpc) is 3.30. The maximum Gasteiger partial charge on any atom is 0.251 e. The van der Waals surface area contributed by atoms with E-state index in [1.165, 1.54) is 0 Å². The summed E-state index contributed by atoms with van der Waals surface area (Å²) in [4.78, 5) is 16.3. The van der Waals surface area contributed by atoms with Gasteiger partial charge in [0.05, 0.1) is 32.7 Å². The molecule has 0 radical (unpaired) electrons. The fraction of sp³-hybridized carbons (Fsp3) is 0.304. The van der Waals surface area contributed by atoms with Gasteiger partial charge >= 0.3 is 0 Å². The largest absolute Gasteiger partial charge is 0.378 e. The summed E-state index contributed by atoms with van der Waals surface area (Å²) >= 11 is 12.5. The lowest BCUT2D eigenvalue weighted by Gasteiger charge is -2.20. The van der Waals surface area contributed by atoms with Crippen molar-refractivity contribution in [1.29, 1.82) is 0 Å². The van der Waals surface area contributed by atoms with Crippen molar-refractivity contribution in [2.24, 2.45) is 5.73 Å². The Balaban J connectivity index is 1.60. The van der Waals surface area contributed by atoms with Crippen molar-refractivity contribution in [2.75, 3.05) is 26.3 Å². The Labute approximate surface area is 197 Å². The molecule has 0 saturated carbocycles. The van der Waals surface area contributed by atoms with Gasteiger partial charge in [-0.25, -0.2) is 4.98 Å². The molecule has 0 aliphatic heterocycles. The van der Waals surface area contributed by atoms with Gasteiger partial charge < -0.3 is 25.1 Å². The molecule has 1 heterocycles. The number of carbonyl (C=O) groups excluding carboxylic acids is 1. The topological polar surface area (TPSA) is 91.4 Å². The Morgan fingerprint density at radius 3 is 2.66 bits per heavy atom. The molecule has 170 valence electrons. The van der Waals surface area contributed by atoms with Crippen LogP contribution in [0.5, 0.6) is 0 Å². The van der Waals surface area contributed by atoms with E-state index in [0.29, 0.717) is 55.1 Å². The van der Waals surface area contributed by atoms with Crippen molar-refractivity contribution in [3.05, 3.63) is 87.9 Å². The molecule has 1 aromatic heterocycles. The highest BCUT2D eigenvalue weighted by Crippen LogP contribution is 2.30. The van der Waals surface area contributed by atoms with Crippen LogP contribution in [0, 0.1) is 0 Å². The lowest BCUT2D eigenvalue weighted by molar-refractivity contribution is 0.0280. The first-order valence-corrected chi connectivity index (χ1v) is 11.0. The number of hydrogen-bond acceptors (Lipinski definition) is 5. The van der Waals surface area contributed by atoms with E-state index in [4.69, 9.17) is 38.4 Å². The zero-order valence-corrected chi connectivity index (χ0v) is 19.1. The van der Waals surface area contributed by atoms with E-state index in [2.05, 4.69) is 10.3 Å². The van der Waals surface area contributed by atoms with Crippen LogP contribution in [0.2, 0.25) is 10.0 Å². The second-order valence-electron chi connectivity index (χ2n) is 7.08. The smallest absolute Gasteiger partial charge is 0.251 e. The van der Waals surface area contributed by atoms with E-state index in [1.54, 1.807) is 36.8 Å². The zero-order valence-electron chi connectivity index (χ0n) is 17.5. The van der Waals surface area contributed by atoms with Crippen LogP contribution in [0.15, 0.2) is 61.2 Å². The lowest BCUT2D eigenvalue weighted by Crippen LogP contribution is -2.27. The van der Waals surface area contributed by atoms with Crippen LogP contribution in [0.4, 0.5) is 0 Å². The molecule has 1 atom stereocenters. The second-order valence-corrected chi connectivity index (χ2v) is 7.92. The van der Waals surface area contributed by atoms with E-state index in [9.17, 15) is 4.79 Å². The Morgan fingerprint density at radius 2 is 1.97 bits per heavy atom. The molecule has 1 amide bonds. The van der Waals surface area contributed by atoms with Gasteiger partial charge in [-0.05, 0) is 29.8 Å². The first kappa shape index (κ1) is 24.2.